The molecule has 0 saturated carbocycles. The number of unbranched alkanes of at least 4 members (excludes halogenated alkanes) is 2. The van der Waals surface area contributed by atoms with E-state index in [1.807, 2.05) is 0 Å². The summed E-state index contributed by atoms with van der Waals surface area (Å²) >= 11 is 0. The van der Waals surface area contributed by atoms with Gasteiger partial charge in [0.1, 0.15) is 0 Å². The lowest BCUT2D eigenvalue weighted by molar-refractivity contribution is -0.110. The van der Waals surface area contributed by atoms with Crippen LogP contribution in [0, 0.1) is 11.8 Å². The summed E-state index contributed by atoms with van der Waals surface area (Å²) < 4.78 is 24.3. The Morgan fingerprint density at radius 2 is 1.36 bits per heavy atom. The lowest BCUT2D eigenvalue weighted by Gasteiger charge is -2.22. The number of hydrogen-bond acceptors (Lipinski definition) is 4. The second-order valence-electron chi connectivity index (χ2n) is 6.76. The van der Waals surface area contributed by atoms with Gasteiger partial charge in [-0.25, -0.2) is 0 Å². The van der Waals surface area contributed by atoms with Crippen LogP contribution >= 0.6 is 7.60 Å². The standard InChI is InChI=1S/C20H39O4P/c1-6-11-14-18(9-4)16-23-25(22,20(21)13-8-3)24-17-19(10-5)15-12-7-2/h8,13,18-19H,6-7,9-12,14-17H2,1-5H3/b13-8+. The third kappa shape index (κ3) is 10.3. The number of hydrogen-bond donors (Lipinski definition) is 0. The van der Waals surface area contributed by atoms with Crippen molar-refractivity contribution in [1.29, 1.82) is 0 Å². The maximum absolute atomic E-state index is 13.0. The second kappa shape index (κ2) is 14.7. The lowest BCUT2D eigenvalue weighted by atomic mass is 10.0. The first-order valence-corrected chi connectivity index (χ1v) is 11.6. The van der Waals surface area contributed by atoms with Gasteiger partial charge >= 0.3 is 7.60 Å². The molecule has 0 radical (unpaired) electrons. The van der Waals surface area contributed by atoms with Crippen LogP contribution < -0.4 is 0 Å². The fraction of sp³-hybridized carbons (Fsp3) is 0.850. The summed E-state index contributed by atoms with van der Waals surface area (Å²) in [7, 11) is -3.75. The van der Waals surface area contributed by atoms with Crippen LogP contribution in [0.15, 0.2) is 12.2 Å². The summed E-state index contributed by atoms with van der Waals surface area (Å²) in [6, 6.07) is 0. The number of carbonyl (C=O) groups is 1. The van der Waals surface area contributed by atoms with Crippen LogP contribution in [0.25, 0.3) is 0 Å². The Labute approximate surface area is 155 Å². The van der Waals surface area contributed by atoms with E-state index in [1.165, 1.54) is 6.08 Å². The Kier molecular flexibility index (Phi) is 14.4. The monoisotopic (exact) mass is 374 g/mol. The zero-order valence-corrected chi connectivity index (χ0v) is 17.9. The molecule has 0 bridgehead atoms. The fourth-order valence-electron chi connectivity index (χ4n) is 2.60. The molecule has 0 fully saturated rings. The minimum Gasteiger partial charge on any atom is -0.303 e. The van der Waals surface area contributed by atoms with Crippen LogP contribution in [0.5, 0.6) is 0 Å². The molecule has 0 saturated heterocycles. The molecule has 4 nitrogen and oxygen atoms in total. The molecule has 0 amide bonds. The van der Waals surface area contributed by atoms with Gasteiger partial charge in [-0.2, -0.15) is 0 Å². The Balaban J connectivity index is 4.87. The van der Waals surface area contributed by atoms with Crippen molar-refractivity contribution >= 4 is 13.1 Å². The molecular formula is C20H39O4P. The van der Waals surface area contributed by atoms with Gasteiger partial charge in [0.2, 0.25) is 0 Å². The summed E-state index contributed by atoms with van der Waals surface area (Å²) in [5.74, 6) is 0.634. The van der Waals surface area contributed by atoms with E-state index >= 15 is 0 Å². The SMILES string of the molecule is C/C=C/C(=O)P(=O)(OCC(CC)CCCC)OCC(CC)CCCC. The average Bonchev–Trinajstić information content (AvgIpc) is 2.62. The highest BCUT2D eigenvalue weighted by atomic mass is 31.2. The molecule has 0 rings (SSSR count). The fourth-order valence-corrected chi connectivity index (χ4v) is 4.08. The third-order valence-electron chi connectivity index (χ3n) is 4.63. The highest BCUT2D eigenvalue weighted by Gasteiger charge is 2.34. The molecule has 5 heteroatoms. The second-order valence-corrected chi connectivity index (χ2v) is 8.71. The number of carbonyl (C=O) groups excluding carboxylic acids is 1. The highest BCUT2D eigenvalue weighted by Crippen LogP contribution is 2.50. The zero-order chi connectivity index (χ0) is 19.1. The van der Waals surface area contributed by atoms with Gasteiger partial charge in [-0.3, -0.25) is 9.36 Å². The summed E-state index contributed by atoms with van der Waals surface area (Å²) in [5.41, 5.74) is -0.536. The van der Waals surface area contributed by atoms with Crippen molar-refractivity contribution in [3.05, 3.63) is 12.2 Å². The predicted octanol–water partition coefficient (Wildman–Crippen LogP) is 6.75. The highest BCUT2D eigenvalue weighted by molar-refractivity contribution is 7.72. The van der Waals surface area contributed by atoms with Crippen molar-refractivity contribution in [1.82, 2.24) is 0 Å². The van der Waals surface area contributed by atoms with Crippen LogP contribution in [0.3, 0.4) is 0 Å². The molecule has 0 aromatic rings. The summed E-state index contributed by atoms with van der Waals surface area (Å²) in [4.78, 5) is 12.3. The van der Waals surface area contributed by atoms with Crippen molar-refractivity contribution in [3.8, 4) is 0 Å². The maximum atomic E-state index is 13.0. The molecule has 0 aromatic carbocycles. The molecule has 148 valence electrons. The quantitative estimate of drug-likeness (QED) is 0.221. The van der Waals surface area contributed by atoms with E-state index in [2.05, 4.69) is 27.7 Å². The zero-order valence-electron chi connectivity index (χ0n) is 17.0. The summed E-state index contributed by atoms with van der Waals surface area (Å²) in [6.07, 6.45) is 11.3. The van der Waals surface area contributed by atoms with E-state index in [0.29, 0.717) is 25.0 Å². The van der Waals surface area contributed by atoms with Crippen molar-refractivity contribution < 1.29 is 18.4 Å². The molecule has 0 aromatic heterocycles. The van der Waals surface area contributed by atoms with Gasteiger partial charge in [-0.15, -0.1) is 0 Å². The minimum atomic E-state index is -3.75. The van der Waals surface area contributed by atoms with E-state index in [0.717, 1.165) is 51.4 Å². The first-order chi connectivity index (χ1) is 12.0. The van der Waals surface area contributed by atoms with E-state index in [1.54, 1.807) is 13.0 Å². The Morgan fingerprint density at radius 1 is 0.920 bits per heavy atom. The van der Waals surface area contributed by atoms with Crippen LogP contribution in [0.2, 0.25) is 0 Å². The van der Waals surface area contributed by atoms with Gasteiger partial charge < -0.3 is 9.05 Å². The van der Waals surface area contributed by atoms with Gasteiger partial charge in [0, 0.05) is 0 Å². The molecule has 0 spiro atoms. The van der Waals surface area contributed by atoms with Gasteiger partial charge in [-0.1, -0.05) is 72.3 Å². The largest absolute Gasteiger partial charge is 0.400 e. The Bertz CT molecular complexity index is 396. The van der Waals surface area contributed by atoms with Gasteiger partial charge in [0.05, 0.1) is 13.2 Å². The summed E-state index contributed by atoms with van der Waals surface area (Å²) in [5, 5.41) is 0. The van der Waals surface area contributed by atoms with E-state index < -0.39 is 13.1 Å². The molecule has 2 unspecified atom stereocenters. The molecule has 0 heterocycles. The summed E-state index contributed by atoms with van der Waals surface area (Å²) in [6.45, 7) is 10.9. The van der Waals surface area contributed by atoms with Crippen molar-refractivity contribution in [2.24, 2.45) is 11.8 Å². The molecule has 0 aliphatic rings. The van der Waals surface area contributed by atoms with Crippen molar-refractivity contribution in [2.45, 2.75) is 86.0 Å². The van der Waals surface area contributed by atoms with Crippen LogP contribution in [-0.4, -0.2) is 18.7 Å². The molecule has 0 aliphatic heterocycles. The van der Waals surface area contributed by atoms with Crippen molar-refractivity contribution in [3.63, 3.8) is 0 Å². The van der Waals surface area contributed by atoms with Gasteiger partial charge in [0.25, 0.3) is 5.52 Å². The van der Waals surface area contributed by atoms with Crippen LogP contribution in [0.4, 0.5) is 0 Å². The topological polar surface area (TPSA) is 52.6 Å². The van der Waals surface area contributed by atoms with E-state index in [4.69, 9.17) is 9.05 Å². The Morgan fingerprint density at radius 3 is 1.68 bits per heavy atom. The van der Waals surface area contributed by atoms with E-state index in [-0.39, 0.29) is 0 Å². The number of allylic oxidation sites excluding steroid dienone is 2. The van der Waals surface area contributed by atoms with E-state index in [9.17, 15) is 9.36 Å². The normalized spacial score (nSPS) is 16.7. The first kappa shape index (κ1) is 24.6. The smallest absolute Gasteiger partial charge is 0.303 e. The maximum Gasteiger partial charge on any atom is 0.400 e. The van der Waals surface area contributed by atoms with Gasteiger partial charge in [-0.05, 0) is 37.7 Å². The van der Waals surface area contributed by atoms with Crippen molar-refractivity contribution in [2.75, 3.05) is 13.2 Å². The Hall–Kier alpha value is -0.440. The third-order valence-corrected chi connectivity index (χ3v) is 6.29. The molecule has 25 heavy (non-hydrogen) atoms. The first-order valence-electron chi connectivity index (χ1n) is 10.0. The molecule has 0 aliphatic carbocycles. The van der Waals surface area contributed by atoms with Crippen LogP contribution in [-0.2, 0) is 18.4 Å². The molecular weight excluding hydrogens is 335 g/mol. The number of rotatable bonds is 16. The average molecular weight is 375 g/mol. The predicted molar refractivity (Wildman–Crippen MR) is 106 cm³/mol. The van der Waals surface area contributed by atoms with Crippen LogP contribution in [0.1, 0.15) is 86.0 Å². The molecule has 0 N–H and O–H groups in total. The lowest BCUT2D eigenvalue weighted by Crippen LogP contribution is -2.15. The minimum absolute atomic E-state index is 0.317. The molecule has 2 atom stereocenters. The van der Waals surface area contributed by atoms with Gasteiger partial charge in [0.15, 0.2) is 0 Å².